The fraction of sp³-hybridized carbons (Fsp3) is 0.412. The van der Waals surface area contributed by atoms with Crippen LogP contribution in [0.2, 0.25) is 5.02 Å². The quantitative estimate of drug-likeness (QED) is 0.264. The summed E-state index contributed by atoms with van der Waals surface area (Å²) >= 11 is 6.04. The molecule has 0 aliphatic heterocycles. The van der Waals surface area contributed by atoms with Gasteiger partial charge in [-0.2, -0.15) is 5.10 Å². The Morgan fingerprint density at radius 2 is 2.20 bits per heavy atom. The highest BCUT2D eigenvalue weighted by atomic mass is 127. The third-order valence-electron chi connectivity index (χ3n) is 3.42. The van der Waals surface area contributed by atoms with E-state index in [-0.39, 0.29) is 29.8 Å². The number of hydrogen-bond acceptors (Lipinski definition) is 2. The van der Waals surface area contributed by atoms with Crippen molar-refractivity contribution in [2.75, 3.05) is 19.6 Å². The number of nitrogens with zero attached hydrogens (tertiary/aromatic N) is 3. The van der Waals surface area contributed by atoms with Gasteiger partial charge in [0.25, 0.3) is 0 Å². The van der Waals surface area contributed by atoms with Crippen molar-refractivity contribution in [1.29, 1.82) is 0 Å². The van der Waals surface area contributed by atoms with Crippen LogP contribution in [-0.2, 0) is 13.0 Å². The minimum atomic E-state index is -0.316. The maximum atomic E-state index is 13.0. The Balaban J connectivity index is 0.00000312. The van der Waals surface area contributed by atoms with Crippen LogP contribution in [0.3, 0.4) is 0 Å². The molecule has 1 aromatic heterocycles. The van der Waals surface area contributed by atoms with Crippen LogP contribution < -0.4 is 10.6 Å². The summed E-state index contributed by atoms with van der Waals surface area (Å²) in [5.74, 6) is 0.458. The number of halogens is 3. The molecule has 0 saturated heterocycles. The standard InChI is InChI=1S/C17H23ClFN5.HI/c1-2-20-17(21-8-3-11-24-12-4-9-23-24)22-10-7-14-5-6-15(19)13-16(14)18;/h4-6,9,12-13H,2-3,7-8,10-11H2,1H3,(H2,20,21,22);1H. The number of aliphatic imine (C=N–C) groups is 1. The molecule has 5 nitrogen and oxygen atoms in total. The highest BCUT2D eigenvalue weighted by molar-refractivity contribution is 14.0. The first-order valence-corrected chi connectivity index (χ1v) is 8.50. The molecular weight excluding hydrogens is 456 g/mol. The van der Waals surface area contributed by atoms with E-state index >= 15 is 0 Å². The van der Waals surface area contributed by atoms with Crippen LogP contribution in [0.5, 0.6) is 0 Å². The second-order valence-electron chi connectivity index (χ2n) is 5.30. The topological polar surface area (TPSA) is 54.2 Å². The van der Waals surface area contributed by atoms with Gasteiger partial charge in [-0.15, -0.1) is 24.0 Å². The average molecular weight is 480 g/mol. The first-order chi connectivity index (χ1) is 11.7. The van der Waals surface area contributed by atoms with E-state index < -0.39 is 0 Å². The van der Waals surface area contributed by atoms with Crippen molar-refractivity contribution in [3.8, 4) is 0 Å². The zero-order chi connectivity index (χ0) is 17.2. The van der Waals surface area contributed by atoms with Gasteiger partial charge in [-0.25, -0.2) is 4.39 Å². The molecule has 8 heteroatoms. The molecule has 138 valence electrons. The van der Waals surface area contributed by atoms with Crippen molar-refractivity contribution in [2.24, 2.45) is 4.99 Å². The Morgan fingerprint density at radius 1 is 1.36 bits per heavy atom. The Labute approximate surface area is 170 Å². The molecule has 0 fully saturated rings. The highest BCUT2D eigenvalue weighted by Crippen LogP contribution is 2.17. The largest absolute Gasteiger partial charge is 0.357 e. The van der Waals surface area contributed by atoms with Crippen molar-refractivity contribution >= 4 is 41.5 Å². The summed E-state index contributed by atoms with van der Waals surface area (Å²) < 4.78 is 14.9. The molecule has 0 bridgehead atoms. The smallest absolute Gasteiger partial charge is 0.191 e. The molecule has 0 amide bonds. The summed E-state index contributed by atoms with van der Waals surface area (Å²) in [5, 5.41) is 11.1. The van der Waals surface area contributed by atoms with E-state index in [9.17, 15) is 4.39 Å². The van der Waals surface area contributed by atoms with Crippen LogP contribution in [-0.4, -0.2) is 35.4 Å². The van der Waals surface area contributed by atoms with Crippen LogP contribution in [0, 0.1) is 5.82 Å². The molecule has 0 atom stereocenters. The summed E-state index contributed by atoms with van der Waals surface area (Å²) in [4.78, 5) is 4.54. The molecule has 25 heavy (non-hydrogen) atoms. The predicted octanol–water partition coefficient (Wildman–Crippen LogP) is 3.48. The summed E-state index contributed by atoms with van der Waals surface area (Å²) in [7, 11) is 0. The van der Waals surface area contributed by atoms with Crippen molar-refractivity contribution < 1.29 is 4.39 Å². The van der Waals surface area contributed by atoms with Gasteiger partial charge in [-0.05, 0) is 43.5 Å². The van der Waals surface area contributed by atoms with Crippen molar-refractivity contribution in [1.82, 2.24) is 20.4 Å². The van der Waals surface area contributed by atoms with Gasteiger partial charge in [-0.1, -0.05) is 17.7 Å². The van der Waals surface area contributed by atoms with Gasteiger partial charge in [0.05, 0.1) is 0 Å². The van der Waals surface area contributed by atoms with E-state index in [1.165, 1.54) is 12.1 Å². The third kappa shape index (κ3) is 8.04. The van der Waals surface area contributed by atoms with Gasteiger partial charge in [0.15, 0.2) is 5.96 Å². The molecule has 2 N–H and O–H groups in total. The molecule has 0 aliphatic carbocycles. The summed E-state index contributed by atoms with van der Waals surface area (Å²) in [5.41, 5.74) is 0.917. The normalized spacial score (nSPS) is 11.1. The molecule has 0 saturated carbocycles. The summed E-state index contributed by atoms with van der Waals surface area (Å²) in [6.07, 6.45) is 5.34. The lowest BCUT2D eigenvalue weighted by atomic mass is 10.1. The van der Waals surface area contributed by atoms with Crippen molar-refractivity contribution in [3.05, 3.63) is 53.1 Å². The molecule has 0 radical (unpaired) electrons. The molecule has 2 rings (SSSR count). The minimum absolute atomic E-state index is 0. The fourth-order valence-corrected chi connectivity index (χ4v) is 2.50. The second-order valence-corrected chi connectivity index (χ2v) is 5.70. The Kier molecular flexibility index (Phi) is 10.5. The van der Waals surface area contributed by atoms with Crippen LogP contribution in [0.25, 0.3) is 0 Å². The molecule has 0 unspecified atom stereocenters. The number of nitrogens with one attached hydrogen (secondary N) is 2. The van der Waals surface area contributed by atoms with E-state index in [1.807, 2.05) is 23.9 Å². The van der Waals surface area contributed by atoms with E-state index in [1.54, 1.807) is 12.3 Å². The van der Waals surface area contributed by atoms with Crippen LogP contribution in [0.15, 0.2) is 41.7 Å². The minimum Gasteiger partial charge on any atom is -0.357 e. The first kappa shape index (κ1) is 21.7. The van der Waals surface area contributed by atoms with Gasteiger partial charge >= 0.3 is 0 Å². The van der Waals surface area contributed by atoms with Crippen molar-refractivity contribution in [2.45, 2.75) is 26.3 Å². The summed E-state index contributed by atoms with van der Waals surface area (Å²) in [6.45, 7) is 5.06. The Hall–Kier alpha value is -1.35. The molecular formula is C17H24ClFIN5. The lowest BCUT2D eigenvalue weighted by Gasteiger charge is -2.12. The van der Waals surface area contributed by atoms with E-state index in [4.69, 9.17) is 11.6 Å². The van der Waals surface area contributed by atoms with Crippen LogP contribution in [0.4, 0.5) is 4.39 Å². The monoisotopic (exact) mass is 479 g/mol. The number of hydrogen-bond donors (Lipinski definition) is 2. The third-order valence-corrected chi connectivity index (χ3v) is 3.77. The lowest BCUT2D eigenvalue weighted by molar-refractivity contribution is 0.584. The van der Waals surface area contributed by atoms with Gasteiger partial charge in [0.1, 0.15) is 5.82 Å². The maximum absolute atomic E-state index is 13.0. The van der Waals surface area contributed by atoms with E-state index in [0.29, 0.717) is 24.5 Å². The van der Waals surface area contributed by atoms with Gasteiger partial charge in [0.2, 0.25) is 0 Å². The van der Waals surface area contributed by atoms with Gasteiger partial charge in [-0.3, -0.25) is 9.67 Å². The Bertz CT molecular complexity index is 648. The SMILES string of the molecule is CCNC(=NCCCn1cccn1)NCCc1ccc(F)cc1Cl.I. The number of benzene rings is 1. The van der Waals surface area contributed by atoms with E-state index in [0.717, 1.165) is 31.0 Å². The highest BCUT2D eigenvalue weighted by Gasteiger charge is 2.03. The second kappa shape index (κ2) is 12.1. The number of guanidine groups is 1. The predicted molar refractivity (Wildman–Crippen MR) is 111 cm³/mol. The lowest BCUT2D eigenvalue weighted by Crippen LogP contribution is -2.38. The molecule has 0 spiro atoms. The summed E-state index contributed by atoms with van der Waals surface area (Å²) in [6, 6.07) is 6.39. The molecule has 1 heterocycles. The van der Waals surface area contributed by atoms with E-state index in [2.05, 4.69) is 20.7 Å². The molecule has 0 aliphatic rings. The van der Waals surface area contributed by atoms with Crippen molar-refractivity contribution in [3.63, 3.8) is 0 Å². The fourth-order valence-electron chi connectivity index (χ4n) is 2.24. The zero-order valence-electron chi connectivity index (χ0n) is 14.2. The molecule has 2 aromatic rings. The number of aryl methyl sites for hydroxylation is 1. The number of rotatable bonds is 8. The average Bonchev–Trinajstić information content (AvgIpc) is 3.07. The maximum Gasteiger partial charge on any atom is 0.191 e. The van der Waals surface area contributed by atoms with Gasteiger partial charge in [0, 0.05) is 43.6 Å². The van der Waals surface area contributed by atoms with Crippen LogP contribution in [0.1, 0.15) is 18.9 Å². The zero-order valence-corrected chi connectivity index (χ0v) is 17.3. The van der Waals surface area contributed by atoms with Crippen LogP contribution >= 0.6 is 35.6 Å². The van der Waals surface area contributed by atoms with Gasteiger partial charge < -0.3 is 10.6 Å². The number of aromatic nitrogens is 2. The molecule has 1 aromatic carbocycles. The first-order valence-electron chi connectivity index (χ1n) is 8.12. The Morgan fingerprint density at radius 3 is 2.88 bits per heavy atom.